The van der Waals surface area contributed by atoms with Gasteiger partial charge in [0.15, 0.2) is 0 Å². The molecule has 17 heavy (non-hydrogen) atoms. The van der Waals surface area contributed by atoms with Gasteiger partial charge in [-0.1, -0.05) is 25.5 Å². The average molecular weight is 227 g/mol. The lowest BCUT2D eigenvalue weighted by molar-refractivity contribution is -0.123. The molecule has 1 aromatic rings. The normalized spacial score (nSPS) is 24.4. The molecule has 0 heterocycles. The summed E-state index contributed by atoms with van der Waals surface area (Å²) in [6.07, 6.45) is 3.93. The number of benzene rings is 1. The van der Waals surface area contributed by atoms with Crippen LogP contribution >= 0.6 is 0 Å². The Bertz CT molecular complexity index is 441. The smallest absolute Gasteiger partial charge is 0.140 e. The maximum Gasteiger partial charge on any atom is 0.140 e. The first kappa shape index (κ1) is 11.9. The topological polar surface area (TPSA) is 40.9 Å². The van der Waals surface area contributed by atoms with Gasteiger partial charge >= 0.3 is 0 Å². The second kappa shape index (κ2) is 5.14. The van der Waals surface area contributed by atoms with Gasteiger partial charge in [-0.3, -0.25) is 4.79 Å². The SMILES string of the molecule is CC[C@H]1CC[C@H](c2ccc(C#N)cc2)C(=O)C1. The molecule has 0 radical (unpaired) electrons. The molecule has 2 rings (SSSR count). The zero-order valence-corrected chi connectivity index (χ0v) is 10.1. The van der Waals surface area contributed by atoms with Gasteiger partial charge in [-0.25, -0.2) is 0 Å². The number of Topliss-reactive ketones (excluding diaryl/α,β-unsaturated/α-hetero) is 1. The van der Waals surface area contributed by atoms with E-state index in [9.17, 15) is 4.79 Å². The molecule has 1 aromatic carbocycles. The van der Waals surface area contributed by atoms with E-state index in [-0.39, 0.29) is 5.92 Å². The van der Waals surface area contributed by atoms with Crippen LogP contribution in [0.1, 0.15) is 49.7 Å². The first-order chi connectivity index (χ1) is 8.24. The molecule has 0 N–H and O–H groups in total. The highest BCUT2D eigenvalue weighted by molar-refractivity contribution is 5.86. The molecular formula is C15H17NO. The minimum absolute atomic E-state index is 0.0607. The van der Waals surface area contributed by atoms with E-state index in [1.54, 1.807) is 12.1 Å². The fraction of sp³-hybridized carbons (Fsp3) is 0.467. The van der Waals surface area contributed by atoms with E-state index in [1.165, 1.54) is 0 Å². The van der Waals surface area contributed by atoms with Crippen molar-refractivity contribution in [2.75, 3.05) is 0 Å². The highest BCUT2D eigenvalue weighted by atomic mass is 16.1. The lowest BCUT2D eigenvalue weighted by atomic mass is 9.77. The lowest BCUT2D eigenvalue weighted by Crippen LogP contribution is -2.23. The number of ketones is 1. The number of nitrogens with zero attached hydrogens (tertiary/aromatic N) is 1. The van der Waals surface area contributed by atoms with Crippen molar-refractivity contribution in [2.24, 2.45) is 5.92 Å². The summed E-state index contributed by atoms with van der Waals surface area (Å²) in [4.78, 5) is 12.1. The van der Waals surface area contributed by atoms with Crippen LogP contribution in [0.25, 0.3) is 0 Å². The summed E-state index contributed by atoms with van der Waals surface area (Å²) in [7, 11) is 0. The molecule has 0 amide bonds. The van der Waals surface area contributed by atoms with Crippen LogP contribution in [0.4, 0.5) is 0 Å². The number of hydrogen-bond acceptors (Lipinski definition) is 2. The summed E-state index contributed by atoms with van der Waals surface area (Å²) in [5, 5.41) is 8.74. The molecule has 0 bridgehead atoms. The summed E-state index contributed by atoms with van der Waals surface area (Å²) in [6, 6.07) is 9.55. The molecule has 88 valence electrons. The summed E-state index contributed by atoms with van der Waals surface area (Å²) in [5.41, 5.74) is 1.73. The standard InChI is InChI=1S/C15H17NO/c1-2-11-5-8-14(15(17)9-11)13-6-3-12(10-16)4-7-13/h3-4,6-7,11,14H,2,5,8-9H2,1H3/t11-,14+/m0/s1. The van der Waals surface area contributed by atoms with Crippen molar-refractivity contribution in [3.8, 4) is 6.07 Å². The Kier molecular flexibility index (Phi) is 3.58. The van der Waals surface area contributed by atoms with Gasteiger partial charge in [-0.15, -0.1) is 0 Å². The minimum atomic E-state index is 0.0607. The van der Waals surface area contributed by atoms with Crippen LogP contribution in [-0.4, -0.2) is 5.78 Å². The average Bonchev–Trinajstić information content (AvgIpc) is 2.39. The van der Waals surface area contributed by atoms with E-state index in [0.29, 0.717) is 17.3 Å². The van der Waals surface area contributed by atoms with Gasteiger partial charge in [-0.05, 0) is 36.5 Å². The second-order valence-corrected chi connectivity index (χ2v) is 4.81. The number of hydrogen-bond donors (Lipinski definition) is 0. The van der Waals surface area contributed by atoms with Crippen LogP contribution in [-0.2, 0) is 4.79 Å². The van der Waals surface area contributed by atoms with E-state index in [0.717, 1.165) is 31.2 Å². The Labute approximate surface area is 102 Å². The van der Waals surface area contributed by atoms with Gasteiger partial charge in [0.05, 0.1) is 11.6 Å². The Morgan fingerprint density at radius 2 is 2.00 bits per heavy atom. The molecule has 2 heteroatoms. The highest BCUT2D eigenvalue weighted by Gasteiger charge is 2.28. The minimum Gasteiger partial charge on any atom is -0.299 e. The highest BCUT2D eigenvalue weighted by Crippen LogP contribution is 2.34. The Balaban J connectivity index is 2.12. The summed E-state index contributed by atoms with van der Waals surface area (Å²) in [5.74, 6) is 1.01. The molecule has 0 unspecified atom stereocenters. The third kappa shape index (κ3) is 2.55. The molecular weight excluding hydrogens is 210 g/mol. The van der Waals surface area contributed by atoms with Gasteiger partial charge in [0.25, 0.3) is 0 Å². The third-order valence-electron chi connectivity index (χ3n) is 3.76. The Morgan fingerprint density at radius 1 is 1.29 bits per heavy atom. The van der Waals surface area contributed by atoms with Crippen LogP contribution in [0.3, 0.4) is 0 Å². The summed E-state index contributed by atoms with van der Waals surface area (Å²) < 4.78 is 0. The third-order valence-corrected chi connectivity index (χ3v) is 3.76. The first-order valence-corrected chi connectivity index (χ1v) is 6.27. The molecule has 0 saturated heterocycles. The van der Waals surface area contributed by atoms with Crippen molar-refractivity contribution in [2.45, 2.75) is 38.5 Å². The van der Waals surface area contributed by atoms with Crippen LogP contribution in [0, 0.1) is 17.2 Å². The fourth-order valence-corrected chi connectivity index (χ4v) is 2.58. The first-order valence-electron chi connectivity index (χ1n) is 6.27. The lowest BCUT2D eigenvalue weighted by Gasteiger charge is -2.26. The van der Waals surface area contributed by atoms with Crippen molar-refractivity contribution in [1.82, 2.24) is 0 Å². The zero-order valence-electron chi connectivity index (χ0n) is 10.1. The quantitative estimate of drug-likeness (QED) is 0.776. The monoisotopic (exact) mass is 227 g/mol. The number of nitriles is 1. The van der Waals surface area contributed by atoms with Crippen molar-refractivity contribution >= 4 is 5.78 Å². The fourth-order valence-electron chi connectivity index (χ4n) is 2.58. The van der Waals surface area contributed by atoms with Crippen molar-refractivity contribution in [3.63, 3.8) is 0 Å². The zero-order chi connectivity index (χ0) is 12.3. The molecule has 1 saturated carbocycles. The number of carbonyl (C=O) groups is 1. The number of carbonyl (C=O) groups excluding carboxylic acids is 1. The van der Waals surface area contributed by atoms with Crippen LogP contribution in [0.2, 0.25) is 0 Å². The van der Waals surface area contributed by atoms with Gasteiger partial charge in [0.1, 0.15) is 5.78 Å². The van der Waals surface area contributed by atoms with Crippen molar-refractivity contribution in [3.05, 3.63) is 35.4 Å². The second-order valence-electron chi connectivity index (χ2n) is 4.81. The van der Waals surface area contributed by atoms with Gasteiger partial charge in [0.2, 0.25) is 0 Å². The molecule has 1 aliphatic rings. The van der Waals surface area contributed by atoms with E-state index in [1.807, 2.05) is 12.1 Å². The van der Waals surface area contributed by atoms with E-state index in [4.69, 9.17) is 5.26 Å². The summed E-state index contributed by atoms with van der Waals surface area (Å²) >= 11 is 0. The Morgan fingerprint density at radius 3 is 2.53 bits per heavy atom. The molecule has 0 aromatic heterocycles. The predicted molar refractivity (Wildman–Crippen MR) is 66.5 cm³/mol. The van der Waals surface area contributed by atoms with Gasteiger partial charge in [0, 0.05) is 12.3 Å². The molecule has 1 fully saturated rings. The van der Waals surface area contributed by atoms with Crippen LogP contribution in [0.15, 0.2) is 24.3 Å². The molecule has 0 spiro atoms. The van der Waals surface area contributed by atoms with Crippen molar-refractivity contribution < 1.29 is 4.79 Å². The van der Waals surface area contributed by atoms with Crippen LogP contribution < -0.4 is 0 Å². The Hall–Kier alpha value is -1.62. The van der Waals surface area contributed by atoms with Crippen molar-refractivity contribution in [1.29, 1.82) is 5.26 Å². The summed E-state index contributed by atoms with van der Waals surface area (Å²) in [6.45, 7) is 2.15. The van der Waals surface area contributed by atoms with Gasteiger partial charge in [-0.2, -0.15) is 5.26 Å². The molecule has 0 aliphatic heterocycles. The van der Waals surface area contributed by atoms with E-state index >= 15 is 0 Å². The number of rotatable bonds is 2. The maximum absolute atomic E-state index is 12.1. The van der Waals surface area contributed by atoms with Gasteiger partial charge < -0.3 is 0 Å². The largest absolute Gasteiger partial charge is 0.299 e. The van der Waals surface area contributed by atoms with E-state index < -0.39 is 0 Å². The van der Waals surface area contributed by atoms with Crippen LogP contribution in [0.5, 0.6) is 0 Å². The molecule has 1 aliphatic carbocycles. The molecule has 2 atom stereocenters. The molecule has 2 nitrogen and oxygen atoms in total. The van der Waals surface area contributed by atoms with E-state index in [2.05, 4.69) is 13.0 Å². The maximum atomic E-state index is 12.1. The predicted octanol–water partition coefficient (Wildman–Crippen LogP) is 3.42.